The summed E-state index contributed by atoms with van der Waals surface area (Å²) in [5.74, 6) is 2.25. The lowest BCUT2D eigenvalue weighted by atomic mass is 9.99. The van der Waals surface area contributed by atoms with Crippen molar-refractivity contribution in [2.24, 2.45) is 0 Å². The largest absolute Gasteiger partial charge is 0.494 e. The van der Waals surface area contributed by atoms with Crippen molar-refractivity contribution >= 4 is 28.3 Å². The Morgan fingerprint density at radius 1 is 1.12 bits per heavy atom. The van der Waals surface area contributed by atoms with Crippen molar-refractivity contribution in [1.82, 2.24) is 14.9 Å². The Hall–Kier alpha value is -3.12. The average molecular weight is 448 g/mol. The minimum Gasteiger partial charge on any atom is -0.494 e. The third kappa shape index (κ3) is 5.19. The van der Waals surface area contributed by atoms with E-state index in [0.717, 1.165) is 42.0 Å². The first-order valence-electron chi connectivity index (χ1n) is 11.1. The number of imidazole rings is 1. The smallest absolute Gasteiger partial charge is 0.261 e. The van der Waals surface area contributed by atoms with Crippen LogP contribution in [0.25, 0.3) is 11.0 Å². The number of benzene rings is 2. The maximum Gasteiger partial charge on any atom is 0.261 e. The Balaban J connectivity index is 1.37. The van der Waals surface area contributed by atoms with E-state index in [-0.39, 0.29) is 5.91 Å². The van der Waals surface area contributed by atoms with Gasteiger partial charge in [0.15, 0.2) is 0 Å². The number of nitrogens with zero attached hydrogens (tertiary/aromatic N) is 2. The molecule has 1 amide bonds. The predicted molar refractivity (Wildman–Crippen MR) is 130 cm³/mol. The Kier molecular flexibility index (Phi) is 7.22. The van der Waals surface area contributed by atoms with Gasteiger partial charge in [-0.05, 0) is 60.0 Å². The zero-order chi connectivity index (χ0) is 22.3. The van der Waals surface area contributed by atoms with Crippen molar-refractivity contribution in [2.75, 3.05) is 6.61 Å². The molecule has 1 N–H and O–H groups in total. The fourth-order valence-electron chi connectivity index (χ4n) is 3.71. The van der Waals surface area contributed by atoms with Crippen molar-refractivity contribution in [2.45, 2.75) is 45.7 Å². The lowest BCUT2D eigenvalue weighted by Crippen LogP contribution is -2.24. The zero-order valence-electron chi connectivity index (χ0n) is 18.6. The number of aryl methyl sites for hydroxylation is 1. The number of aromatic nitrogens is 2. The molecular formula is C26H29N3O2S. The van der Waals surface area contributed by atoms with Crippen LogP contribution in [0.3, 0.4) is 0 Å². The minimum atomic E-state index is -0.0669. The molecule has 2 aromatic carbocycles. The van der Waals surface area contributed by atoms with E-state index in [9.17, 15) is 4.79 Å². The van der Waals surface area contributed by atoms with E-state index in [2.05, 4.69) is 54.1 Å². The summed E-state index contributed by atoms with van der Waals surface area (Å²) in [5.41, 5.74) is 3.36. The van der Waals surface area contributed by atoms with E-state index in [0.29, 0.717) is 23.9 Å². The van der Waals surface area contributed by atoms with Gasteiger partial charge in [-0.1, -0.05) is 44.2 Å². The number of nitrogens with one attached hydrogen (secondary N) is 1. The van der Waals surface area contributed by atoms with Crippen LogP contribution in [0.4, 0.5) is 0 Å². The van der Waals surface area contributed by atoms with Crippen LogP contribution in [0.2, 0.25) is 0 Å². The van der Waals surface area contributed by atoms with Crippen LogP contribution < -0.4 is 10.1 Å². The van der Waals surface area contributed by atoms with Gasteiger partial charge in [-0.25, -0.2) is 4.98 Å². The molecule has 0 bridgehead atoms. The number of carbonyl (C=O) groups is 1. The topological polar surface area (TPSA) is 56.1 Å². The molecule has 4 aromatic rings. The number of para-hydroxylation sites is 2. The van der Waals surface area contributed by atoms with Crippen molar-refractivity contribution < 1.29 is 9.53 Å². The highest BCUT2D eigenvalue weighted by Crippen LogP contribution is 2.22. The Morgan fingerprint density at radius 3 is 2.69 bits per heavy atom. The fourth-order valence-corrected chi connectivity index (χ4v) is 4.35. The summed E-state index contributed by atoms with van der Waals surface area (Å²) in [6.07, 6.45) is 1.98. The van der Waals surface area contributed by atoms with E-state index in [1.807, 2.05) is 35.7 Å². The molecule has 0 saturated heterocycles. The highest BCUT2D eigenvalue weighted by atomic mass is 32.1. The van der Waals surface area contributed by atoms with Crippen molar-refractivity contribution in [3.05, 3.63) is 82.3 Å². The van der Waals surface area contributed by atoms with E-state index in [1.54, 1.807) is 0 Å². The van der Waals surface area contributed by atoms with Gasteiger partial charge in [0.25, 0.3) is 5.91 Å². The summed E-state index contributed by atoms with van der Waals surface area (Å²) in [4.78, 5) is 17.8. The van der Waals surface area contributed by atoms with Gasteiger partial charge in [0.2, 0.25) is 0 Å². The highest BCUT2D eigenvalue weighted by Gasteiger charge is 2.13. The molecule has 32 heavy (non-hydrogen) atoms. The lowest BCUT2D eigenvalue weighted by Gasteiger charge is -2.12. The summed E-state index contributed by atoms with van der Waals surface area (Å²) in [5, 5.41) is 4.90. The van der Waals surface area contributed by atoms with E-state index in [4.69, 9.17) is 9.72 Å². The first-order valence-corrected chi connectivity index (χ1v) is 12.0. The number of hydrogen-bond acceptors (Lipinski definition) is 4. The first-order chi connectivity index (χ1) is 15.7. The SMILES string of the molecule is CCC(C)c1ccc(OCCCn2c(CNC(=O)c3cccs3)nc3ccccc32)cc1. The van der Waals surface area contributed by atoms with Gasteiger partial charge >= 0.3 is 0 Å². The standard InChI is InChI=1S/C26H29N3O2S/c1-3-19(2)20-11-13-21(14-12-20)31-16-7-15-29-23-9-5-4-8-22(23)28-25(29)18-27-26(30)24-10-6-17-32-24/h4-6,8-14,17,19H,3,7,15-16,18H2,1-2H3,(H,27,30). The summed E-state index contributed by atoms with van der Waals surface area (Å²) in [7, 11) is 0. The lowest BCUT2D eigenvalue weighted by molar-refractivity contribution is 0.0953. The van der Waals surface area contributed by atoms with Gasteiger partial charge < -0.3 is 14.6 Å². The van der Waals surface area contributed by atoms with Crippen LogP contribution >= 0.6 is 11.3 Å². The maximum atomic E-state index is 12.4. The molecule has 1 unspecified atom stereocenters. The van der Waals surface area contributed by atoms with Gasteiger partial charge in [0.1, 0.15) is 11.6 Å². The molecule has 0 fully saturated rings. The summed E-state index contributed by atoms with van der Waals surface area (Å²) >= 11 is 1.44. The summed E-state index contributed by atoms with van der Waals surface area (Å²) in [6, 6.07) is 20.2. The second-order valence-corrected chi connectivity index (χ2v) is 8.86. The second kappa shape index (κ2) is 10.5. The molecule has 2 aromatic heterocycles. The number of fused-ring (bicyclic) bond motifs is 1. The third-order valence-electron chi connectivity index (χ3n) is 5.74. The molecule has 1 atom stereocenters. The molecule has 5 nitrogen and oxygen atoms in total. The number of thiophene rings is 1. The summed E-state index contributed by atoms with van der Waals surface area (Å²) < 4.78 is 8.15. The number of carbonyl (C=O) groups excluding carboxylic acids is 1. The minimum absolute atomic E-state index is 0.0669. The Labute approximate surface area is 193 Å². The monoisotopic (exact) mass is 447 g/mol. The molecule has 6 heteroatoms. The Bertz CT molecular complexity index is 1150. The number of amides is 1. The molecular weight excluding hydrogens is 418 g/mol. The van der Waals surface area contributed by atoms with E-state index >= 15 is 0 Å². The Morgan fingerprint density at radius 2 is 1.94 bits per heavy atom. The molecule has 166 valence electrons. The fraction of sp³-hybridized carbons (Fsp3) is 0.308. The zero-order valence-corrected chi connectivity index (χ0v) is 19.4. The van der Waals surface area contributed by atoms with Crippen LogP contribution in [-0.2, 0) is 13.1 Å². The van der Waals surface area contributed by atoms with Crippen LogP contribution in [0, 0.1) is 0 Å². The maximum absolute atomic E-state index is 12.4. The molecule has 0 aliphatic carbocycles. The number of ether oxygens (including phenoxy) is 1. The van der Waals surface area contributed by atoms with Crippen molar-refractivity contribution in [3.8, 4) is 5.75 Å². The third-order valence-corrected chi connectivity index (χ3v) is 6.61. The second-order valence-electron chi connectivity index (χ2n) is 7.91. The van der Waals surface area contributed by atoms with Crippen molar-refractivity contribution in [3.63, 3.8) is 0 Å². The molecule has 2 heterocycles. The van der Waals surface area contributed by atoms with Crippen LogP contribution in [0.5, 0.6) is 5.75 Å². The van der Waals surface area contributed by atoms with Crippen molar-refractivity contribution in [1.29, 1.82) is 0 Å². The number of hydrogen-bond donors (Lipinski definition) is 1. The van der Waals surface area contributed by atoms with Gasteiger partial charge in [-0.15, -0.1) is 11.3 Å². The first kappa shape index (κ1) is 22.1. The van der Waals surface area contributed by atoms with Gasteiger partial charge in [-0.3, -0.25) is 4.79 Å². The van der Waals surface area contributed by atoms with Crippen LogP contribution in [-0.4, -0.2) is 22.1 Å². The normalized spacial score (nSPS) is 12.1. The van der Waals surface area contributed by atoms with E-state index in [1.165, 1.54) is 16.9 Å². The molecule has 0 radical (unpaired) electrons. The van der Waals surface area contributed by atoms with Gasteiger partial charge in [0, 0.05) is 6.54 Å². The predicted octanol–water partition coefficient (Wildman–Crippen LogP) is 6.01. The molecule has 0 saturated carbocycles. The number of rotatable bonds is 10. The quantitative estimate of drug-likeness (QED) is 0.303. The molecule has 4 rings (SSSR count). The van der Waals surface area contributed by atoms with E-state index < -0.39 is 0 Å². The van der Waals surface area contributed by atoms with Crippen LogP contribution in [0.1, 0.15) is 53.7 Å². The molecule has 0 spiro atoms. The highest BCUT2D eigenvalue weighted by molar-refractivity contribution is 7.12. The van der Waals surface area contributed by atoms with Gasteiger partial charge in [-0.2, -0.15) is 0 Å². The molecule has 0 aliphatic rings. The van der Waals surface area contributed by atoms with Gasteiger partial charge in [0.05, 0.1) is 29.1 Å². The summed E-state index contributed by atoms with van der Waals surface area (Å²) in [6.45, 7) is 6.23. The van der Waals surface area contributed by atoms with Crippen LogP contribution in [0.15, 0.2) is 66.0 Å². The molecule has 0 aliphatic heterocycles. The average Bonchev–Trinajstić information content (AvgIpc) is 3.49.